The molecule has 8 atom stereocenters. The number of fused-ring (bicyclic) bond motifs is 5. The van der Waals surface area contributed by atoms with Crippen LogP contribution in [0.5, 0.6) is 5.75 Å². The lowest BCUT2D eigenvalue weighted by atomic mass is 9.85. The maximum atomic E-state index is 17.0. The third kappa shape index (κ3) is 9.20. The Morgan fingerprint density at radius 3 is 2.10 bits per heavy atom. The van der Waals surface area contributed by atoms with Crippen molar-refractivity contribution in [3.05, 3.63) is 88.1 Å². The van der Waals surface area contributed by atoms with Gasteiger partial charge in [-0.1, -0.05) is 26.8 Å². The second-order valence-electron chi connectivity index (χ2n) is 19.8. The standard InChI is InChI=1S/C53H62FN9O8S/c1-8-34-14-16-43(72-34)51-63-38-15-13-30(36-25-55-47(57-36)39-11-9-17-61(39)49(64)45(27(2)3)59-52(66)68-6)21-32(38)23-41(63)44-35(54)22-31(24-42(44)71-51)37-26-56-48(58-37)40-12-10-18-62(40)50(65)46(60-53(67)69-7)33-19-28(4)70-29(5)20-33/h13-16,21-29,33,39-40,45-46,51H,8-12,17-20H2,1-7H3,(H,55,57)(H,56,58)(H,59,66)(H,60,67)/t28-,29+,33?,39-,40+,45-,46?,51-/m0/s1. The van der Waals surface area contributed by atoms with Crippen molar-refractivity contribution in [2.24, 2.45) is 11.8 Å². The number of hydrogen-bond acceptors (Lipinski definition) is 11. The number of thiophene rings is 1. The number of likely N-dealkylation sites (tertiary alicyclic amines) is 2. The number of rotatable bonds is 12. The van der Waals surface area contributed by atoms with Crippen LogP contribution in [0.2, 0.25) is 0 Å². The number of carbonyl (C=O) groups is 4. The molecule has 19 heteroatoms. The van der Waals surface area contributed by atoms with E-state index in [0.717, 1.165) is 52.7 Å². The Morgan fingerprint density at radius 1 is 0.833 bits per heavy atom. The number of nitrogens with one attached hydrogen (secondary N) is 4. The monoisotopic (exact) mass is 1000 g/mol. The van der Waals surface area contributed by atoms with Crippen LogP contribution in [-0.4, -0.2) is 110 Å². The lowest BCUT2D eigenvalue weighted by molar-refractivity contribution is -0.138. The maximum Gasteiger partial charge on any atom is 0.407 e. The van der Waals surface area contributed by atoms with E-state index in [0.29, 0.717) is 72.3 Å². The molecule has 0 saturated carbocycles. The summed E-state index contributed by atoms with van der Waals surface area (Å²) in [7, 11) is 2.57. The molecule has 3 fully saturated rings. The molecule has 4 amide bonds. The summed E-state index contributed by atoms with van der Waals surface area (Å²) in [6.07, 6.45) is 6.44. The number of imidazole rings is 2. The van der Waals surface area contributed by atoms with E-state index in [9.17, 15) is 19.2 Å². The first-order valence-corrected chi connectivity index (χ1v) is 25.8. The van der Waals surface area contributed by atoms with Gasteiger partial charge in [0, 0.05) is 34.5 Å². The van der Waals surface area contributed by atoms with Crippen LogP contribution in [0.3, 0.4) is 0 Å². The van der Waals surface area contributed by atoms with E-state index in [2.05, 4.69) is 50.3 Å². The van der Waals surface area contributed by atoms with Crippen molar-refractivity contribution in [3.8, 4) is 39.5 Å². The Kier molecular flexibility index (Phi) is 13.6. The number of amides is 4. The second kappa shape index (κ2) is 20.1. The number of nitrogens with zero attached hydrogens (tertiary/aromatic N) is 5. The number of alkyl carbamates (subject to hydrolysis) is 2. The molecule has 0 bridgehead atoms. The highest BCUT2D eigenvalue weighted by Crippen LogP contribution is 2.48. The third-order valence-corrected chi connectivity index (χ3v) is 16.0. The van der Waals surface area contributed by atoms with Gasteiger partial charge >= 0.3 is 12.2 Å². The molecule has 0 spiro atoms. The Morgan fingerprint density at radius 2 is 1.47 bits per heavy atom. The third-order valence-electron chi connectivity index (χ3n) is 14.7. The van der Waals surface area contributed by atoms with Crippen molar-refractivity contribution in [1.82, 2.24) is 44.9 Å². The van der Waals surface area contributed by atoms with E-state index < -0.39 is 36.3 Å². The molecule has 72 heavy (non-hydrogen) atoms. The van der Waals surface area contributed by atoms with Crippen molar-refractivity contribution < 1.29 is 42.5 Å². The Balaban J connectivity index is 0.946. The molecule has 0 radical (unpaired) electrons. The summed E-state index contributed by atoms with van der Waals surface area (Å²) in [5, 5.41) is 6.43. The van der Waals surface area contributed by atoms with Crippen LogP contribution in [0.25, 0.3) is 44.7 Å². The van der Waals surface area contributed by atoms with Crippen LogP contribution in [0, 0.1) is 17.7 Å². The highest BCUT2D eigenvalue weighted by atomic mass is 32.1. The number of halogens is 1. The molecule has 10 rings (SSSR count). The minimum atomic E-state index is -0.798. The van der Waals surface area contributed by atoms with Gasteiger partial charge in [-0.2, -0.15) is 0 Å². The van der Waals surface area contributed by atoms with Gasteiger partial charge in [-0.3, -0.25) is 14.2 Å². The highest BCUT2D eigenvalue weighted by Gasteiger charge is 2.43. The largest absolute Gasteiger partial charge is 0.464 e. The van der Waals surface area contributed by atoms with Gasteiger partial charge in [0.15, 0.2) is 0 Å². The minimum absolute atomic E-state index is 0.0660. The van der Waals surface area contributed by atoms with E-state index in [-0.39, 0.29) is 47.9 Å². The number of carbonyl (C=O) groups excluding carboxylic acids is 4. The van der Waals surface area contributed by atoms with Gasteiger partial charge in [0.2, 0.25) is 18.0 Å². The van der Waals surface area contributed by atoms with Gasteiger partial charge in [0.25, 0.3) is 0 Å². The summed E-state index contributed by atoms with van der Waals surface area (Å²) >= 11 is 1.66. The van der Waals surface area contributed by atoms with Crippen LogP contribution < -0.4 is 15.4 Å². The van der Waals surface area contributed by atoms with E-state index in [1.165, 1.54) is 25.2 Å². The minimum Gasteiger partial charge on any atom is -0.464 e. The van der Waals surface area contributed by atoms with E-state index in [1.54, 1.807) is 33.5 Å². The Bertz CT molecular complexity index is 3010. The molecule has 17 nitrogen and oxygen atoms in total. The number of aromatic amines is 2. The van der Waals surface area contributed by atoms with Crippen molar-refractivity contribution >= 4 is 46.2 Å². The number of H-pyrrole nitrogens is 2. The Labute approximate surface area is 421 Å². The fourth-order valence-electron chi connectivity index (χ4n) is 11.3. The predicted octanol–water partition coefficient (Wildman–Crippen LogP) is 9.43. The summed E-state index contributed by atoms with van der Waals surface area (Å²) in [5.74, 6) is 0.483. The lowest BCUT2D eigenvalue weighted by Gasteiger charge is -2.38. The first-order chi connectivity index (χ1) is 34.7. The topological polar surface area (TPSA) is 198 Å². The van der Waals surface area contributed by atoms with Crippen LogP contribution >= 0.6 is 11.3 Å². The smallest absolute Gasteiger partial charge is 0.407 e. The number of benzene rings is 2. The predicted molar refractivity (Wildman–Crippen MR) is 269 cm³/mol. The molecular weight excluding hydrogens is 942 g/mol. The highest BCUT2D eigenvalue weighted by molar-refractivity contribution is 7.12. The van der Waals surface area contributed by atoms with Gasteiger partial charge in [-0.15, -0.1) is 11.3 Å². The molecule has 4 aromatic heterocycles. The molecular formula is C53H62FN9O8S. The number of aryl methyl sites for hydroxylation is 1. The molecule has 2 unspecified atom stereocenters. The Hall–Kier alpha value is -6.73. The maximum absolute atomic E-state index is 17.0. The molecule has 380 valence electrons. The van der Waals surface area contributed by atoms with Gasteiger partial charge in [0.05, 0.1) is 83.9 Å². The quantitative estimate of drug-likeness (QED) is 0.0916. The molecule has 6 aromatic rings. The zero-order valence-electron chi connectivity index (χ0n) is 41.6. The van der Waals surface area contributed by atoms with Crippen molar-refractivity contribution in [3.63, 3.8) is 0 Å². The van der Waals surface area contributed by atoms with Gasteiger partial charge < -0.3 is 49.3 Å². The number of aromatic nitrogens is 5. The zero-order valence-corrected chi connectivity index (χ0v) is 42.4. The zero-order chi connectivity index (χ0) is 50.5. The fourth-order valence-corrected chi connectivity index (χ4v) is 12.3. The summed E-state index contributed by atoms with van der Waals surface area (Å²) in [4.78, 5) is 75.2. The van der Waals surface area contributed by atoms with Crippen molar-refractivity contribution in [2.45, 2.75) is 122 Å². The van der Waals surface area contributed by atoms with E-state index >= 15 is 4.39 Å². The van der Waals surface area contributed by atoms with Crippen molar-refractivity contribution in [2.75, 3.05) is 27.3 Å². The average Bonchev–Trinajstić information content (AvgIpc) is 4.23. The molecule has 0 aliphatic carbocycles. The number of ether oxygens (including phenoxy) is 4. The molecule has 3 saturated heterocycles. The van der Waals surface area contributed by atoms with Gasteiger partial charge in [-0.05, 0) is 113 Å². The van der Waals surface area contributed by atoms with E-state index in [4.69, 9.17) is 28.9 Å². The summed E-state index contributed by atoms with van der Waals surface area (Å²) in [6, 6.07) is 13.4. The second-order valence-corrected chi connectivity index (χ2v) is 21.0. The van der Waals surface area contributed by atoms with Crippen LogP contribution in [0.15, 0.2) is 60.9 Å². The normalized spacial score (nSPS) is 22.6. The fraction of sp³-hybridized carbons (Fsp3) is 0.472. The van der Waals surface area contributed by atoms with Crippen LogP contribution in [-0.2, 0) is 30.2 Å². The van der Waals surface area contributed by atoms with Gasteiger partial charge in [-0.25, -0.2) is 23.9 Å². The lowest BCUT2D eigenvalue weighted by Crippen LogP contribution is -2.54. The molecule has 4 aliphatic rings. The number of hydrogen-bond donors (Lipinski definition) is 4. The molecule has 4 N–H and O–H groups in total. The van der Waals surface area contributed by atoms with Crippen LogP contribution in [0.4, 0.5) is 14.0 Å². The summed E-state index contributed by atoms with van der Waals surface area (Å²) in [5.41, 5.74) is 4.62. The SMILES string of the molecule is CCc1ccc([C@@H]2Oc3cc(-c4cnc([C@H]5CCCN5C(=O)C(NC(=O)OC)C5C[C@@H](C)O[C@@H](C)C5)[nH]4)cc(F)c3-c3cc4cc(-c5cnc([C@@H]6CCCN6C(=O)[C@@H](NC(=O)OC)C(C)C)[nH]5)ccc4n32)s1. The first-order valence-electron chi connectivity index (χ1n) is 25.0. The molecule has 8 heterocycles. The first kappa shape index (κ1) is 48.9. The van der Waals surface area contributed by atoms with Crippen molar-refractivity contribution in [1.29, 1.82) is 0 Å². The summed E-state index contributed by atoms with van der Waals surface area (Å²) < 4.78 is 41.7. The molecule has 2 aromatic carbocycles. The summed E-state index contributed by atoms with van der Waals surface area (Å²) in [6.45, 7) is 10.9. The van der Waals surface area contributed by atoms with Gasteiger partial charge in [0.1, 0.15) is 35.3 Å². The van der Waals surface area contributed by atoms with E-state index in [1.807, 2.05) is 52.0 Å². The number of methoxy groups -OCH3 is 2. The molecule has 4 aliphatic heterocycles. The van der Waals surface area contributed by atoms with Crippen LogP contribution in [0.1, 0.15) is 113 Å². The average molecular weight is 1000 g/mol.